The number of rotatable bonds is 6. The van der Waals surface area contributed by atoms with Crippen molar-refractivity contribution in [2.75, 3.05) is 26.8 Å². The van der Waals surface area contributed by atoms with Gasteiger partial charge in [-0.15, -0.1) is 0 Å². The van der Waals surface area contributed by atoms with Crippen molar-refractivity contribution in [3.05, 3.63) is 35.4 Å². The molecule has 1 aliphatic heterocycles. The summed E-state index contributed by atoms with van der Waals surface area (Å²) in [6.07, 6.45) is 0.481. The predicted molar refractivity (Wildman–Crippen MR) is 78.4 cm³/mol. The van der Waals surface area contributed by atoms with Crippen LogP contribution in [0.2, 0.25) is 0 Å². The average Bonchev–Trinajstić information content (AvgIpc) is 2.50. The Morgan fingerprint density at radius 2 is 2.10 bits per heavy atom. The monoisotopic (exact) mass is 291 g/mol. The first kappa shape index (κ1) is 15.5. The number of benzene rings is 1. The van der Waals surface area contributed by atoms with Crippen molar-refractivity contribution in [2.24, 2.45) is 5.73 Å². The first-order chi connectivity index (χ1) is 10.1. The molecule has 2 amide bonds. The van der Waals surface area contributed by atoms with Crippen LogP contribution in [-0.4, -0.2) is 49.6 Å². The summed E-state index contributed by atoms with van der Waals surface area (Å²) in [5, 5.41) is 3.00. The molecule has 0 saturated carbocycles. The van der Waals surface area contributed by atoms with Gasteiger partial charge < -0.3 is 20.7 Å². The summed E-state index contributed by atoms with van der Waals surface area (Å²) in [4.78, 5) is 25.5. The number of fused-ring (bicyclic) bond motifs is 1. The second-order valence-corrected chi connectivity index (χ2v) is 5.08. The number of hydrogen-bond acceptors (Lipinski definition) is 4. The molecule has 3 N–H and O–H groups in total. The highest BCUT2D eigenvalue weighted by atomic mass is 16.5. The van der Waals surface area contributed by atoms with Crippen LogP contribution in [0.5, 0.6) is 0 Å². The lowest BCUT2D eigenvalue weighted by Crippen LogP contribution is -2.53. The molecule has 21 heavy (non-hydrogen) atoms. The molecule has 1 aliphatic rings. The number of hydrogen-bond donors (Lipinski definition) is 2. The Hall–Kier alpha value is -1.92. The molecule has 0 saturated heterocycles. The average molecular weight is 291 g/mol. The van der Waals surface area contributed by atoms with Crippen LogP contribution < -0.4 is 11.1 Å². The lowest BCUT2D eigenvalue weighted by atomic mass is 9.93. The maximum absolute atomic E-state index is 12.3. The standard InChI is InChI=1S/C15H21N3O3/c1-21-7-6-17-9-14(19)18-10-12-5-3-2-4-11(12)8-13(18)15(16)20/h2-5,13,17H,6-10H2,1H3,(H2,16,20)/t13-/m0/s1. The highest BCUT2D eigenvalue weighted by Gasteiger charge is 2.32. The van der Waals surface area contributed by atoms with Crippen molar-refractivity contribution in [1.82, 2.24) is 10.2 Å². The van der Waals surface area contributed by atoms with Crippen LogP contribution in [0.1, 0.15) is 11.1 Å². The summed E-state index contributed by atoms with van der Waals surface area (Å²) in [7, 11) is 1.61. The van der Waals surface area contributed by atoms with Gasteiger partial charge in [0.15, 0.2) is 0 Å². The number of primary amides is 1. The van der Waals surface area contributed by atoms with Gasteiger partial charge in [-0.1, -0.05) is 24.3 Å². The van der Waals surface area contributed by atoms with Gasteiger partial charge in [0.2, 0.25) is 11.8 Å². The van der Waals surface area contributed by atoms with Gasteiger partial charge in [0, 0.05) is 26.6 Å². The van der Waals surface area contributed by atoms with Crippen molar-refractivity contribution in [3.8, 4) is 0 Å². The molecule has 1 atom stereocenters. The van der Waals surface area contributed by atoms with E-state index in [0.717, 1.165) is 11.1 Å². The third-order valence-electron chi connectivity index (χ3n) is 3.66. The zero-order valence-corrected chi connectivity index (χ0v) is 12.2. The third-order valence-corrected chi connectivity index (χ3v) is 3.66. The molecule has 0 fully saturated rings. The van der Waals surface area contributed by atoms with Gasteiger partial charge >= 0.3 is 0 Å². The number of ether oxygens (including phenoxy) is 1. The summed E-state index contributed by atoms with van der Waals surface area (Å²) in [5.41, 5.74) is 7.61. The van der Waals surface area contributed by atoms with Crippen molar-refractivity contribution in [3.63, 3.8) is 0 Å². The largest absolute Gasteiger partial charge is 0.383 e. The Morgan fingerprint density at radius 3 is 2.76 bits per heavy atom. The number of carbonyl (C=O) groups excluding carboxylic acids is 2. The minimum absolute atomic E-state index is 0.121. The quantitative estimate of drug-likeness (QED) is 0.702. The summed E-state index contributed by atoms with van der Waals surface area (Å²) in [6, 6.07) is 7.25. The number of nitrogens with two attached hydrogens (primary N) is 1. The van der Waals surface area contributed by atoms with E-state index < -0.39 is 11.9 Å². The number of nitrogens with one attached hydrogen (secondary N) is 1. The van der Waals surface area contributed by atoms with Crippen molar-refractivity contribution in [1.29, 1.82) is 0 Å². The number of nitrogens with zero attached hydrogens (tertiary/aromatic N) is 1. The minimum Gasteiger partial charge on any atom is -0.383 e. The van der Waals surface area contributed by atoms with Crippen LogP contribution in [-0.2, 0) is 27.3 Å². The van der Waals surface area contributed by atoms with Crippen LogP contribution in [0.3, 0.4) is 0 Å². The van der Waals surface area contributed by atoms with Gasteiger partial charge in [-0.25, -0.2) is 0 Å². The van der Waals surface area contributed by atoms with Crippen molar-refractivity contribution in [2.45, 2.75) is 19.0 Å². The lowest BCUT2D eigenvalue weighted by Gasteiger charge is -2.35. The van der Waals surface area contributed by atoms with E-state index in [0.29, 0.717) is 26.1 Å². The molecule has 0 spiro atoms. The first-order valence-electron chi connectivity index (χ1n) is 6.98. The molecule has 0 unspecified atom stereocenters. The highest BCUT2D eigenvalue weighted by Crippen LogP contribution is 2.23. The van der Waals surface area contributed by atoms with Crippen LogP contribution in [0.15, 0.2) is 24.3 Å². The van der Waals surface area contributed by atoms with Gasteiger partial charge in [0.1, 0.15) is 6.04 Å². The Morgan fingerprint density at radius 1 is 1.38 bits per heavy atom. The summed E-state index contributed by atoms with van der Waals surface area (Å²) in [5.74, 6) is -0.584. The first-order valence-corrected chi connectivity index (χ1v) is 6.98. The fourth-order valence-electron chi connectivity index (χ4n) is 2.51. The lowest BCUT2D eigenvalue weighted by molar-refractivity contribution is -0.139. The minimum atomic E-state index is -0.573. The second kappa shape index (κ2) is 7.19. The number of methoxy groups -OCH3 is 1. The normalized spacial score (nSPS) is 17.4. The highest BCUT2D eigenvalue weighted by molar-refractivity contribution is 5.88. The Kier molecular flexibility index (Phi) is 5.30. The van der Waals surface area contributed by atoms with Crippen LogP contribution >= 0.6 is 0 Å². The van der Waals surface area contributed by atoms with Gasteiger partial charge in [0.05, 0.1) is 13.2 Å². The van der Waals surface area contributed by atoms with Crippen molar-refractivity contribution >= 4 is 11.8 Å². The molecule has 1 aromatic rings. The molecule has 0 aromatic heterocycles. The zero-order valence-electron chi connectivity index (χ0n) is 12.2. The van der Waals surface area contributed by atoms with Crippen molar-refractivity contribution < 1.29 is 14.3 Å². The maximum atomic E-state index is 12.3. The molecule has 1 heterocycles. The van der Waals surface area contributed by atoms with Gasteiger partial charge in [-0.05, 0) is 11.1 Å². The van der Waals surface area contributed by atoms with Crippen LogP contribution in [0, 0.1) is 0 Å². The SMILES string of the molecule is COCCNCC(=O)N1Cc2ccccc2C[C@H]1C(N)=O. The maximum Gasteiger partial charge on any atom is 0.240 e. The van der Waals surface area contributed by atoms with Crippen LogP contribution in [0.4, 0.5) is 0 Å². The van der Waals surface area contributed by atoms with Gasteiger partial charge in [0.25, 0.3) is 0 Å². The van der Waals surface area contributed by atoms with E-state index >= 15 is 0 Å². The molecule has 6 nitrogen and oxygen atoms in total. The predicted octanol–water partition coefficient (Wildman–Crippen LogP) is -0.339. The Labute approximate surface area is 124 Å². The molecular formula is C15H21N3O3. The molecule has 0 bridgehead atoms. The molecule has 0 aliphatic carbocycles. The van der Waals surface area contributed by atoms with E-state index in [-0.39, 0.29) is 12.5 Å². The van der Waals surface area contributed by atoms with Gasteiger partial charge in [-0.3, -0.25) is 9.59 Å². The topological polar surface area (TPSA) is 84.7 Å². The number of amides is 2. The van der Waals surface area contributed by atoms with E-state index in [1.54, 1.807) is 12.0 Å². The smallest absolute Gasteiger partial charge is 0.240 e. The summed E-state index contributed by atoms with van der Waals surface area (Å²) < 4.78 is 4.91. The summed E-state index contributed by atoms with van der Waals surface area (Å²) in [6.45, 7) is 1.73. The molecule has 2 rings (SSSR count). The third kappa shape index (κ3) is 3.80. The van der Waals surface area contributed by atoms with E-state index in [4.69, 9.17) is 10.5 Å². The fourth-order valence-corrected chi connectivity index (χ4v) is 2.51. The molecule has 114 valence electrons. The molecule has 1 aromatic carbocycles. The van der Waals surface area contributed by atoms with E-state index in [1.807, 2.05) is 24.3 Å². The van der Waals surface area contributed by atoms with E-state index in [2.05, 4.69) is 5.32 Å². The zero-order chi connectivity index (χ0) is 15.2. The Bertz CT molecular complexity index is 519. The summed E-state index contributed by atoms with van der Waals surface area (Å²) >= 11 is 0. The van der Waals surface area contributed by atoms with E-state index in [9.17, 15) is 9.59 Å². The second-order valence-electron chi connectivity index (χ2n) is 5.08. The van der Waals surface area contributed by atoms with Crippen LogP contribution in [0.25, 0.3) is 0 Å². The van der Waals surface area contributed by atoms with E-state index in [1.165, 1.54) is 0 Å². The number of carbonyl (C=O) groups is 2. The molecule has 6 heteroatoms. The fraction of sp³-hybridized carbons (Fsp3) is 0.467. The molecule has 0 radical (unpaired) electrons. The van der Waals surface area contributed by atoms with Gasteiger partial charge in [-0.2, -0.15) is 0 Å². The Balaban J connectivity index is 2.06. The molecular weight excluding hydrogens is 270 g/mol.